The third kappa shape index (κ3) is 1.67. The molecule has 4 rings (SSSR count). The van der Waals surface area contributed by atoms with Crippen molar-refractivity contribution >= 4 is 0 Å². The van der Waals surface area contributed by atoms with E-state index in [0.717, 1.165) is 24.2 Å². The summed E-state index contributed by atoms with van der Waals surface area (Å²) < 4.78 is 6.27. The van der Waals surface area contributed by atoms with Crippen molar-refractivity contribution in [2.45, 2.75) is 31.0 Å². The maximum absolute atomic E-state index is 10.4. The molecule has 2 aliphatic rings. The molecule has 1 spiro atoms. The second-order valence-electron chi connectivity index (χ2n) is 5.67. The Bertz CT molecular complexity index is 608. The molecule has 2 aromatic rings. The van der Waals surface area contributed by atoms with Crippen LogP contribution in [0.15, 0.2) is 48.5 Å². The monoisotopic (exact) mass is 252 g/mol. The van der Waals surface area contributed by atoms with Crippen molar-refractivity contribution < 1.29 is 9.84 Å². The van der Waals surface area contributed by atoms with E-state index < -0.39 is 6.10 Å². The molecule has 19 heavy (non-hydrogen) atoms. The van der Waals surface area contributed by atoms with Crippen molar-refractivity contribution in [3.05, 3.63) is 65.2 Å². The van der Waals surface area contributed by atoms with Crippen molar-refractivity contribution in [3.63, 3.8) is 0 Å². The first-order valence-electron chi connectivity index (χ1n) is 6.79. The van der Waals surface area contributed by atoms with Gasteiger partial charge in [0, 0.05) is 24.8 Å². The number of hydrogen-bond donors (Lipinski definition) is 1. The topological polar surface area (TPSA) is 29.5 Å². The molecule has 0 saturated heterocycles. The Balaban J connectivity index is 1.73. The van der Waals surface area contributed by atoms with E-state index in [2.05, 4.69) is 24.3 Å². The lowest BCUT2D eigenvalue weighted by atomic mass is 9.86. The summed E-state index contributed by atoms with van der Waals surface area (Å²) in [5, 5.41) is 10.4. The molecule has 1 atom stereocenters. The molecule has 0 aromatic heterocycles. The second-order valence-corrected chi connectivity index (χ2v) is 5.67. The fraction of sp³-hybridized carbons (Fsp3) is 0.294. The maximum Gasteiger partial charge on any atom is 0.125 e. The Morgan fingerprint density at radius 2 is 1.58 bits per heavy atom. The number of para-hydroxylation sites is 1. The summed E-state index contributed by atoms with van der Waals surface area (Å²) in [5.74, 6) is 0.842. The Morgan fingerprint density at radius 3 is 2.32 bits per heavy atom. The molecule has 0 radical (unpaired) electrons. The molecule has 0 bridgehead atoms. The van der Waals surface area contributed by atoms with Crippen LogP contribution in [0.1, 0.15) is 29.2 Å². The zero-order chi connectivity index (χ0) is 12.9. The van der Waals surface area contributed by atoms with Crippen LogP contribution in [0.3, 0.4) is 0 Å². The van der Waals surface area contributed by atoms with Crippen LogP contribution in [0, 0.1) is 0 Å². The van der Waals surface area contributed by atoms with Crippen LogP contribution >= 0.6 is 0 Å². The summed E-state index contributed by atoms with van der Waals surface area (Å²) in [6.07, 6.45) is 2.06. The first kappa shape index (κ1) is 11.1. The van der Waals surface area contributed by atoms with E-state index in [1.807, 2.05) is 24.3 Å². The molecule has 1 heterocycles. The average Bonchev–Trinajstić information content (AvgIpc) is 2.75. The van der Waals surface area contributed by atoms with E-state index in [1.165, 1.54) is 11.1 Å². The third-order valence-corrected chi connectivity index (χ3v) is 4.31. The largest absolute Gasteiger partial charge is 0.486 e. The summed E-state index contributed by atoms with van der Waals surface area (Å²) in [7, 11) is 0. The molecule has 2 aromatic carbocycles. The highest BCUT2D eigenvalue weighted by molar-refractivity contribution is 5.42. The predicted octanol–water partition coefficient (Wildman–Crippen LogP) is 3.04. The molecule has 0 saturated carbocycles. The predicted molar refractivity (Wildman–Crippen MR) is 73.2 cm³/mol. The molecule has 2 nitrogen and oxygen atoms in total. The average molecular weight is 252 g/mol. The van der Waals surface area contributed by atoms with Crippen LogP contribution in [0.4, 0.5) is 0 Å². The highest BCUT2D eigenvalue weighted by Crippen LogP contribution is 2.45. The van der Waals surface area contributed by atoms with Crippen molar-refractivity contribution in [2.75, 3.05) is 0 Å². The van der Waals surface area contributed by atoms with Gasteiger partial charge in [-0.1, -0.05) is 42.5 Å². The Morgan fingerprint density at radius 1 is 0.947 bits per heavy atom. The van der Waals surface area contributed by atoms with E-state index in [4.69, 9.17) is 4.74 Å². The van der Waals surface area contributed by atoms with Gasteiger partial charge in [-0.3, -0.25) is 0 Å². The van der Waals surface area contributed by atoms with E-state index in [-0.39, 0.29) is 5.60 Å². The number of aliphatic hydroxyl groups excluding tert-OH is 1. The lowest BCUT2D eigenvalue weighted by Gasteiger charge is -2.38. The summed E-state index contributed by atoms with van der Waals surface area (Å²) in [6.45, 7) is 0. The minimum absolute atomic E-state index is 0.253. The maximum atomic E-state index is 10.4. The van der Waals surface area contributed by atoms with Crippen LogP contribution in [-0.2, 0) is 12.8 Å². The SMILES string of the molecule is O[C@@H]1CC2(Cc3ccccc3C2)Oc2ccccc21. The zero-order valence-electron chi connectivity index (χ0n) is 10.7. The quantitative estimate of drug-likeness (QED) is 0.781. The summed E-state index contributed by atoms with van der Waals surface area (Å²) in [4.78, 5) is 0. The Labute approximate surface area is 112 Å². The fourth-order valence-corrected chi connectivity index (χ4v) is 3.46. The number of hydrogen-bond acceptors (Lipinski definition) is 2. The normalized spacial score (nSPS) is 22.7. The van der Waals surface area contributed by atoms with Crippen LogP contribution in [0.5, 0.6) is 5.75 Å². The van der Waals surface area contributed by atoms with Gasteiger partial charge in [0.1, 0.15) is 11.4 Å². The van der Waals surface area contributed by atoms with Crippen molar-refractivity contribution in [3.8, 4) is 5.75 Å². The minimum Gasteiger partial charge on any atom is -0.486 e. The van der Waals surface area contributed by atoms with E-state index in [1.54, 1.807) is 0 Å². The highest BCUT2D eigenvalue weighted by Gasteiger charge is 2.44. The van der Waals surface area contributed by atoms with Crippen molar-refractivity contribution in [1.82, 2.24) is 0 Å². The summed E-state index contributed by atoms with van der Waals surface area (Å²) >= 11 is 0. The van der Waals surface area contributed by atoms with E-state index in [9.17, 15) is 5.11 Å². The molecular formula is C17H16O2. The van der Waals surface area contributed by atoms with Gasteiger partial charge in [0.25, 0.3) is 0 Å². The first-order valence-corrected chi connectivity index (χ1v) is 6.79. The van der Waals surface area contributed by atoms with Gasteiger partial charge in [0.15, 0.2) is 0 Å². The van der Waals surface area contributed by atoms with E-state index in [0.29, 0.717) is 6.42 Å². The summed E-state index contributed by atoms with van der Waals surface area (Å²) in [6, 6.07) is 16.3. The zero-order valence-corrected chi connectivity index (χ0v) is 10.7. The smallest absolute Gasteiger partial charge is 0.125 e. The second kappa shape index (κ2) is 3.84. The fourth-order valence-electron chi connectivity index (χ4n) is 3.46. The van der Waals surface area contributed by atoms with Gasteiger partial charge in [-0.2, -0.15) is 0 Å². The lowest BCUT2D eigenvalue weighted by Crippen LogP contribution is -2.42. The van der Waals surface area contributed by atoms with E-state index >= 15 is 0 Å². The number of ether oxygens (including phenoxy) is 1. The molecule has 0 amide bonds. The van der Waals surface area contributed by atoms with Gasteiger partial charge >= 0.3 is 0 Å². The summed E-state index contributed by atoms with van der Waals surface area (Å²) in [5.41, 5.74) is 3.38. The van der Waals surface area contributed by atoms with Crippen LogP contribution in [-0.4, -0.2) is 10.7 Å². The van der Waals surface area contributed by atoms with Gasteiger partial charge < -0.3 is 9.84 Å². The van der Waals surface area contributed by atoms with Crippen LogP contribution in [0.2, 0.25) is 0 Å². The molecule has 2 heteroatoms. The van der Waals surface area contributed by atoms with Crippen LogP contribution < -0.4 is 4.74 Å². The lowest BCUT2D eigenvalue weighted by molar-refractivity contribution is -0.00703. The molecule has 1 aliphatic carbocycles. The number of fused-ring (bicyclic) bond motifs is 2. The molecule has 1 aliphatic heterocycles. The Hall–Kier alpha value is -1.80. The minimum atomic E-state index is -0.417. The van der Waals surface area contributed by atoms with Crippen molar-refractivity contribution in [1.29, 1.82) is 0 Å². The van der Waals surface area contributed by atoms with Gasteiger partial charge in [0.2, 0.25) is 0 Å². The van der Waals surface area contributed by atoms with Crippen molar-refractivity contribution in [2.24, 2.45) is 0 Å². The van der Waals surface area contributed by atoms with Gasteiger partial charge in [-0.15, -0.1) is 0 Å². The third-order valence-electron chi connectivity index (χ3n) is 4.31. The number of benzene rings is 2. The van der Waals surface area contributed by atoms with Gasteiger partial charge in [-0.25, -0.2) is 0 Å². The molecular weight excluding hydrogens is 236 g/mol. The van der Waals surface area contributed by atoms with Gasteiger partial charge in [0.05, 0.1) is 6.10 Å². The standard InChI is InChI=1S/C17H16O2/c18-15-11-17(19-16-8-4-3-7-14(15)16)9-12-5-1-2-6-13(12)10-17/h1-8,15,18H,9-11H2/t15-/m1/s1. The molecule has 0 fully saturated rings. The molecule has 1 N–H and O–H groups in total. The molecule has 0 unspecified atom stereocenters. The van der Waals surface area contributed by atoms with Crippen LogP contribution in [0.25, 0.3) is 0 Å². The molecule has 96 valence electrons. The Kier molecular flexibility index (Phi) is 2.24. The number of rotatable bonds is 0. The highest BCUT2D eigenvalue weighted by atomic mass is 16.5. The number of aliphatic hydroxyl groups is 1. The van der Waals surface area contributed by atoms with Gasteiger partial charge in [-0.05, 0) is 17.2 Å². The first-order chi connectivity index (χ1) is 9.26.